The Morgan fingerprint density at radius 3 is 2.75 bits per heavy atom. The molecule has 20 heavy (non-hydrogen) atoms. The molecule has 1 N–H and O–H groups in total. The second-order valence-corrected chi connectivity index (χ2v) is 5.25. The largest absolute Gasteiger partial charge is 0.450 e. The standard InChI is InChI=1S/C15H18N2O3/c1-2-16-14(19)17-9-7-15(8-10-17)12-6-4-3-5-11(12)13(18)20-15/h3-6H,2,7-10H2,1H3,(H,16,19). The minimum atomic E-state index is -0.531. The molecular formula is C15H18N2O3. The number of piperidine rings is 1. The van der Waals surface area contributed by atoms with Gasteiger partial charge in [-0.05, 0) is 13.0 Å². The molecule has 0 radical (unpaired) electrons. The number of fused-ring (bicyclic) bond motifs is 2. The van der Waals surface area contributed by atoms with E-state index < -0.39 is 5.60 Å². The maximum Gasteiger partial charge on any atom is 0.339 e. The van der Waals surface area contributed by atoms with Crippen LogP contribution in [0.1, 0.15) is 35.7 Å². The summed E-state index contributed by atoms with van der Waals surface area (Å²) in [6.07, 6.45) is 1.32. The van der Waals surface area contributed by atoms with E-state index in [9.17, 15) is 9.59 Å². The molecule has 106 valence electrons. The Bertz CT molecular complexity index is 548. The molecular weight excluding hydrogens is 256 g/mol. The third-order valence-corrected chi connectivity index (χ3v) is 4.11. The minimum absolute atomic E-state index is 0.0417. The van der Waals surface area contributed by atoms with Crippen LogP contribution in [0.25, 0.3) is 0 Å². The molecule has 0 atom stereocenters. The molecule has 0 bridgehead atoms. The number of ether oxygens (including phenoxy) is 1. The van der Waals surface area contributed by atoms with Crippen molar-refractivity contribution < 1.29 is 14.3 Å². The summed E-state index contributed by atoms with van der Waals surface area (Å²) in [4.78, 5) is 25.5. The SMILES string of the molecule is CCNC(=O)N1CCC2(CC1)OC(=O)c1ccccc12. The van der Waals surface area contributed by atoms with Crippen molar-refractivity contribution in [2.75, 3.05) is 19.6 Å². The van der Waals surface area contributed by atoms with Crippen molar-refractivity contribution >= 4 is 12.0 Å². The molecule has 1 saturated heterocycles. The van der Waals surface area contributed by atoms with E-state index in [0.717, 1.165) is 5.56 Å². The van der Waals surface area contributed by atoms with Crippen molar-refractivity contribution in [2.45, 2.75) is 25.4 Å². The van der Waals surface area contributed by atoms with Crippen LogP contribution in [0.2, 0.25) is 0 Å². The number of hydrogen-bond donors (Lipinski definition) is 1. The highest BCUT2D eigenvalue weighted by atomic mass is 16.6. The molecule has 0 saturated carbocycles. The fourth-order valence-corrected chi connectivity index (χ4v) is 3.05. The number of esters is 1. The first-order valence-electron chi connectivity index (χ1n) is 7.02. The van der Waals surface area contributed by atoms with E-state index >= 15 is 0 Å². The molecule has 0 aromatic heterocycles. The molecule has 5 nitrogen and oxygen atoms in total. The number of benzene rings is 1. The fourth-order valence-electron chi connectivity index (χ4n) is 3.05. The molecule has 0 unspecified atom stereocenters. The van der Waals surface area contributed by atoms with Crippen LogP contribution in [-0.2, 0) is 10.3 Å². The van der Waals surface area contributed by atoms with Crippen molar-refractivity contribution in [1.29, 1.82) is 0 Å². The average molecular weight is 274 g/mol. The van der Waals surface area contributed by atoms with E-state index in [1.54, 1.807) is 4.90 Å². The number of nitrogens with zero attached hydrogens (tertiary/aromatic N) is 1. The molecule has 1 spiro atoms. The van der Waals surface area contributed by atoms with Crippen molar-refractivity contribution in [1.82, 2.24) is 10.2 Å². The highest BCUT2D eigenvalue weighted by molar-refractivity contribution is 5.94. The third kappa shape index (κ3) is 1.94. The van der Waals surface area contributed by atoms with E-state index in [-0.39, 0.29) is 12.0 Å². The van der Waals surface area contributed by atoms with Gasteiger partial charge in [-0.2, -0.15) is 0 Å². The summed E-state index contributed by atoms with van der Waals surface area (Å²) in [6, 6.07) is 7.51. The number of nitrogens with one attached hydrogen (secondary N) is 1. The maximum absolute atomic E-state index is 11.9. The number of amides is 2. The highest BCUT2D eigenvalue weighted by Gasteiger charge is 2.47. The van der Waals surface area contributed by atoms with Gasteiger partial charge in [-0.15, -0.1) is 0 Å². The second kappa shape index (κ2) is 4.81. The van der Waals surface area contributed by atoms with Gasteiger partial charge in [0.1, 0.15) is 5.60 Å². The zero-order chi connectivity index (χ0) is 14.2. The van der Waals surface area contributed by atoms with Gasteiger partial charge in [0.25, 0.3) is 0 Å². The molecule has 3 rings (SSSR count). The molecule has 2 aliphatic heterocycles. The van der Waals surface area contributed by atoms with E-state index in [0.29, 0.717) is 38.0 Å². The minimum Gasteiger partial charge on any atom is -0.450 e. The molecule has 1 fully saturated rings. The second-order valence-electron chi connectivity index (χ2n) is 5.25. The van der Waals surface area contributed by atoms with Crippen LogP contribution in [0.15, 0.2) is 24.3 Å². The maximum atomic E-state index is 11.9. The zero-order valence-electron chi connectivity index (χ0n) is 11.5. The molecule has 5 heteroatoms. The van der Waals surface area contributed by atoms with Gasteiger partial charge in [0.2, 0.25) is 0 Å². The lowest BCUT2D eigenvalue weighted by atomic mass is 9.84. The van der Waals surface area contributed by atoms with Gasteiger partial charge in [0.15, 0.2) is 0 Å². The van der Waals surface area contributed by atoms with Gasteiger partial charge in [0.05, 0.1) is 5.56 Å². The summed E-state index contributed by atoms with van der Waals surface area (Å²) in [5.74, 6) is -0.243. The normalized spacial score (nSPS) is 19.6. The first kappa shape index (κ1) is 13.0. The average Bonchev–Trinajstić information content (AvgIpc) is 2.74. The van der Waals surface area contributed by atoms with Crippen LogP contribution >= 0.6 is 0 Å². The first-order chi connectivity index (χ1) is 9.66. The quantitative estimate of drug-likeness (QED) is 0.795. The van der Waals surface area contributed by atoms with E-state index in [4.69, 9.17) is 4.74 Å². The Balaban J connectivity index is 1.78. The Kier molecular flexibility index (Phi) is 3.12. The molecule has 2 heterocycles. The number of hydrogen-bond acceptors (Lipinski definition) is 3. The number of rotatable bonds is 1. The molecule has 2 amide bonds. The van der Waals surface area contributed by atoms with Crippen LogP contribution in [0.3, 0.4) is 0 Å². The zero-order valence-corrected chi connectivity index (χ0v) is 11.5. The predicted molar refractivity (Wildman–Crippen MR) is 73.4 cm³/mol. The van der Waals surface area contributed by atoms with Gasteiger partial charge in [0, 0.05) is 38.0 Å². The Labute approximate surface area is 117 Å². The number of urea groups is 1. The lowest BCUT2D eigenvalue weighted by Crippen LogP contribution is -2.48. The van der Waals surface area contributed by atoms with Gasteiger partial charge < -0.3 is 15.0 Å². The first-order valence-corrected chi connectivity index (χ1v) is 7.02. The highest BCUT2D eigenvalue weighted by Crippen LogP contribution is 2.43. The Morgan fingerprint density at radius 1 is 1.35 bits per heavy atom. The lowest BCUT2D eigenvalue weighted by Gasteiger charge is -2.38. The van der Waals surface area contributed by atoms with Crippen molar-refractivity contribution in [3.63, 3.8) is 0 Å². The smallest absolute Gasteiger partial charge is 0.339 e. The summed E-state index contributed by atoms with van der Waals surface area (Å²) in [5, 5.41) is 2.80. The molecule has 1 aromatic carbocycles. The Hall–Kier alpha value is -2.04. The number of carbonyl (C=O) groups excluding carboxylic acids is 2. The summed E-state index contributed by atoms with van der Waals surface area (Å²) in [5.41, 5.74) is 1.11. The monoisotopic (exact) mass is 274 g/mol. The van der Waals surface area contributed by atoms with Crippen LogP contribution in [0.5, 0.6) is 0 Å². The number of carbonyl (C=O) groups is 2. The van der Waals surface area contributed by atoms with Crippen molar-refractivity contribution in [3.8, 4) is 0 Å². The molecule has 2 aliphatic rings. The van der Waals surface area contributed by atoms with Gasteiger partial charge in [-0.25, -0.2) is 9.59 Å². The van der Waals surface area contributed by atoms with Crippen LogP contribution in [0.4, 0.5) is 4.79 Å². The van der Waals surface area contributed by atoms with Gasteiger partial charge >= 0.3 is 12.0 Å². The van der Waals surface area contributed by atoms with Crippen LogP contribution in [-0.4, -0.2) is 36.5 Å². The van der Waals surface area contributed by atoms with Crippen LogP contribution in [0, 0.1) is 0 Å². The summed E-state index contributed by atoms with van der Waals surface area (Å²) in [6.45, 7) is 3.73. The molecule has 0 aliphatic carbocycles. The summed E-state index contributed by atoms with van der Waals surface area (Å²) >= 11 is 0. The van der Waals surface area contributed by atoms with Gasteiger partial charge in [-0.1, -0.05) is 18.2 Å². The topological polar surface area (TPSA) is 58.6 Å². The number of likely N-dealkylation sites (tertiary alicyclic amines) is 1. The van der Waals surface area contributed by atoms with E-state index in [1.165, 1.54) is 0 Å². The van der Waals surface area contributed by atoms with Crippen molar-refractivity contribution in [3.05, 3.63) is 35.4 Å². The lowest BCUT2D eigenvalue weighted by molar-refractivity contribution is -0.0369. The molecule has 1 aromatic rings. The third-order valence-electron chi connectivity index (χ3n) is 4.11. The summed E-state index contributed by atoms with van der Waals surface area (Å²) in [7, 11) is 0. The fraction of sp³-hybridized carbons (Fsp3) is 0.467. The van der Waals surface area contributed by atoms with Crippen LogP contribution < -0.4 is 5.32 Å². The van der Waals surface area contributed by atoms with E-state index in [2.05, 4.69) is 5.32 Å². The van der Waals surface area contributed by atoms with E-state index in [1.807, 2.05) is 31.2 Å². The van der Waals surface area contributed by atoms with Crippen molar-refractivity contribution in [2.24, 2.45) is 0 Å². The Morgan fingerprint density at radius 2 is 2.05 bits per heavy atom. The van der Waals surface area contributed by atoms with Gasteiger partial charge in [-0.3, -0.25) is 0 Å². The summed E-state index contributed by atoms with van der Waals surface area (Å²) < 4.78 is 5.65. The predicted octanol–water partition coefficient (Wildman–Crippen LogP) is 1.88.